The maximum atomic E-state index is 11.3. The van der Waals surface area contributed by atoms with Crippen LogP contribution in [0.3, 0.4) is 0 Å². The summed E-state index contributed by atoms with van der Waals surface area (Å²) in [7, 11) is 0. The summed E-state index contributed by atoms with van der Waals surface area (Å²) in [6.07, 6.45) is 2.52. The maximum Gasteiger partial charge on any atom is 0.147 e. The van der Waals surface area contributed by atoms with Crippen LogP contribution in [0.15, 0.2) is 27.6 Å². The largest absolute Gasteiger partial charge is 0.298 e. The molecular weight excluding hydrogens is 328 g/mol. The van der Waals surface area contributed by atoms with E-state index >= 15 is 0 Å². The average Bonchev–Trinajstić information content (AvgIpc) is 2.18. The number of carbonyl (C=O) groups is 1. The minimum absolute atomic E-state index is 0.207. The summed E-state index contributed by atoms with van der Waals surface area (Å²) in [5.74, 6) is 0.207. The smallest absolute Gasteiger partial charge is 0.147 e. The predicted octanol–water partition coefficient (Wildman–Crippen LogP) is 3.68. The van der Waals surface area contributed by atoms with Crippen LogP contribution in [0.1, 0.15) is 5.56 Å². The summed E-state index contributed by atoms with van der Waals surface area (Å²) in [4.78, 5) is 12.4. The molecule has 1 nitrogen and oxygen atoms in total. The monoisotopic (exact) mass is 336 g/mol. The third-order valence-electron chi connectivity index (χ3n) is 1.79. The Kier molecular flexibility index (Phi) is 5.20. The topological polar surface area (TPSA) is 17.1 Å². The summed E-state index contributed by atoms with van der Waals surface area (Å²) in [6, 6.07) is 5.95. The molecule has 0 aliphatic carbocycles. The van der Waals surface area contributed by atoms with Crippen molar-refractivity contribution in [1.82, 2.24) is 0 Å². The molecule has 0 bridgehead atoms. The highest BCUT2D eigenvalue weighted by Gasteiger charge is 2.08. The van der Waals surface area contributed by atoms with E-state index in [0.29, 0.717) is 11.8 Å². The fraction of sp³-hybridized carbons (Fsp3) is 0.300. The Morgan fingerprint density at radius 2 is 2.21 bits per heavy atom. The van der Waals surface area contributed by atoms with Gasteiger partial charge in [0.1, 0.15) is 5.78 Å². The van der Waals surface area contributed by atoms with Gasteiger partial charge < -0.3 is 0 Å². The third kappa shape index (κ3) is 3.11. The molecule has 0 radical (unpaired) electrons. The van der Waals surface area contributed by atoms with Crippen molar-refractivity contribution < 1.29 is 4.79 Å². The Morgan fingerprint density at radius 1 is 1.50 bits per heavy atom. The number of alkyl halides is 1. The number of benzene rings is 1. The first kappa shape index (κ1) is 12.3. The van der Waals surface area contributed by atoms with Crippen LogP contribution in [0.5, 0.6) is 0 Å². The molecule has 0 aliphatic heterocycles. The molecule has 4 heteroatoms. The standard InChI is InChI=1S/C10H10Br2OS/c1-14-10-7(5-8(13)6-11)3-2-4-9(10)12/h2-4H,5-6H2,1H3. The molecule has 0 atom stereocenters. The van der Waals surface area contributed by atoms with Crippen LogP contribution >= 0.6 is 43.6 Å². The molecular formula is C10H10Br2OS. The van der Waals surface area contributed by atoms with Gasteiger partial charge in [-0.05, 0) is 33.8 Å². The first-order valence-electron chi connectivity index (χ1n) is 4.08. The molecule has 0 spiro atoms. The summed E-state index contributed by atoms with van der Waals surface area (Å²) >= 11 is 8.30. The normalized spacial score (nSPS) is 10.2. The van der Waals surface area contributed by atoms with Crippen molar-refractivity contribution in [1.29, 1.82) is 0 Å². The van der Waals surface area contributed by atoms with Crippen molar-refractivity contribution in [3.63, 3.8) is 0 Å². The number of halogens is 2. The lowest BCUT2D eigenvalue weighted by atomic mass is 10.1. The van der Waals surface area contributed by atoms with E-state index in [1.807, 2.05) is 24.5 Å². The third-order valence-corrected chi connectivity index (χ3v) is 4.23. The highest BCUT2D eigenvalue weighted by Crippen LogP contribution is 2.29. The van der Waals surface area contributed by atoms with Gasteiger partial charge in [-0.1, -0.05) is 28.1 Å². The Morgan fingerprint density at radius 3 is 2.79 bits per heavy atom. The van der Waals surface area contributed by atoms with Crippen molar-refractivity contribution in [2.24, 2.45) is 0 Å². The van der Waals surface area contributed by atoms with Gasteiger partial charge in [-0.25, -0.2) is 0 Å². The first-order chi connectivity index (χ1) is 6.69. The van der Waals surface area contributed by atoms with Crippen molar-refractivity contribution in [3.8, 4) is 0 Å². The highest BCUT2D eigenvalue weighted by atomic mass is 79.9. The SMILES string of the molecule is CSc1c(Br)cccc1CC(=O)CBr. The molecule has 0 saturated heterocycles. The second-order valence-corrected chi connectivity index (χ2v) is 5.01. The van der Waals surface area contributed by atoms with Crippen LogP contribution in [0.4, 0.5) is 0 Å². The van der Waals surface area contributed by atoms with E-state index in [9.17, 15) is 4.79 Å². The van der Waals surface area contributed by atoms with Crippen LogP contribution in [-0.2, 0) is 11.2 Å². The molecule has 0 fully saturated rings. The number of carbonyl (C=O) groups excluding carboxylic acids is 1. The van der Waals surface area contributed by atoms with Crippen LogP contribution in [0, 0.1) is 0 Å². The van der Waals surface area contributed by atoms with Gasteiger partial charge in [0.2, 0.25) is 0 Å². The average molecular weight is 338 g/mol. The molecule has 1 aromatic carbocycles. The van der Waals surface area contributed by atoms with Gasteiger partial charge in [-0.2, -0.15) is 0 Å². The van der Waals surface area contributed by atoms with E-state index in [1.165, 1.54) is 0 Å². The molecule has 0 amide bonds. The van der Waals surface area contributed by atoms with Gasteiger partial charge in [-0.3, -0.25) is 4.79 Å². The van der Waals surface area contributed by atoms with Gasteiger partial charge in [0.05, 0.1) is 5.33 Å². The summed E-state index contributed by atoms with van der Waals surface area (Å²) in [5, 5.41) is 0.424. The van der Waals surface area contributed by atoms with Crippen molar-refractivity contribution >= 4 is 49.4 Å². The Hall–Kier alpha value is 0.200. The van der Waals surface area contributed by atoms with Gasteiger partial charge >= 0.3 is 0 Å². The molecule has 0 aromatic heterocycles. The molecule has 0 saturated carbocycles. The second kappa shape index (κ2) is 5.93. The number of rotatable bonds is 4. The minimum Gasteiger partial charge on any atom is -0.298 e. The van der Waals surface area contributed by atoms with Gasteiger partial charge in [0.15, 0.2) is 0 Å². The lowest BCUT2D eigenvalue weighted by Gasteiger charge is -2.07. The molecule has 1 rings (SSSR count). The zero-order chi connectivity index (χ0) is 10.6. The van der Waals surface area contributed by atoms with Crippen molar-refractivity contribution in [2.45, 2.75) is 11.3 Å². The van der Waals surface area contributed by atoms with Gasteiger partial charge in [0, 0.05) is 15.8 Å². The number of Topliss-reactive ketones (excluding diaryl/α,β-unsaturated/α-hetero) is 1. The number of hydrogen-bond donors (Lipinski definition) is 0. The minimum atomic E-state index is 0.207. The number of thioether (sulfide) groups is 1. The lowest BCUT2D eigenvalue weighted by molar-refractivity contribution is -0.115. The van der Waals surface area contributed by atoms with E-state index in [1.54, 1.807) is 11.8 Å². The van der Waals surface area contributed by atoms with Crippen molar-refractivity contribution in [2.75, 3.05) is 11.6 Å². The van der Waals surface area contributed by atoms with E-state index in [4.69, 9.17) is 0 Å². The molecule has 14 heavy (non-hydrogen) atoms. The first-order valence-corrected chi connectivity index (χ1v) is 7.22. The Balaban J connectivity index is 2.96. The lowest BCUT2D eigenvalue weighted by Crippen LogP contribution is -2.04. The van der Waals surface area contributed by atoms with E-state index in [-0.39, 0.29) is 5.78 Å². The summed E-state index contributed by atoms with van der Waals surface area (Å²) < 4.78 is 1.06. The fourth-order valence-electron chi connectivity index (χ4n) is 1.18. The molecule has 0 heterocycles. The maximum absolute atomic E-state index is 11.3. The van der Waals surface area contributed by atoms with Crippen LogP contribution in [0.2, 0.25) is 0 Å². The number of hydrogen-bond acceptors (Lipinski definition) is 2. The predicted molar refractivity (Wildman–Crippen MR) is 68.4 cm³/mol. The molecule has 0 N–H and O–H groups in total. The van der Waals surface area contributed by atoms with E-state index in [2.05, 4.69) is 31.9 Å². The van der Waals surface area contributed by atoms with Crippen LogP contribution < -0.4 is 0 Å². The molecule has 76 valence electrons. The van der Waals surface area contributed by atoms with Crippen LogP contribution in [0.25, 0.3) is 0 Å². The highest BCUT2D eigenvalue weighted by molar-refractivity contribution is 9.10. The van der Waals surface area contributed by atoms with Crippen molar-refractivity contribution in [3.05, 3.63) is 28.2 Å². The molecule has 0 aliphatic rings. The fourth-order valence-corrected chi connectivity index (χ4v) is 2.94. The molecule has 1 aromatic rings. The van der Waals surface area contributed by atoms with Crippen LogP contribution in [-0.4, -0.2) is 17.4 Å². The second-order valence-electron chi connectivity index (χ2n) is 2.78. The Bertz CT molecular complexity index is 339. The summed E-state index contributed by atoms with van der Waals surface area (Å²) in [5.41, 5.74) is 1.09. The quantitative estimate of drug-likeness (QED) is 0.616. The van der Waals surface area contributed by atoms with E-state index < -0.39 is 0 Å². The zero-order valence-corrected chi connectivity index (χ0v) is 11.7. The van der Waals surface area contributed by atoms with E-state index in [0.717, 1.165) is 14.9 Å². The Labute approximate surface area is 105 Å². The summed E-state index contributed by atoms with van der Waals surface area (Å²) in [6.45, 7) is 0. The number of ketones is 1. The molecule has 0 unspecified atom stereocenters. The zero-order valence-electron chi connectivity index (χ0n) is 7.72. The van der Waals surface area contributed by atoms with Gasteiger partial charge in [-0.15, -0.1) is 11.8 Å². The van der Waals surface area contributed by atoms with Gasteiger partial charge in [0.25, 0.3) is 0 Å².